The van der Waals surface area contributed by atoms with Gasteiger partial charge in [-0.3, -0.25) is 14.6 Å². The summed E-state index contributed by atoms with van der Waals surface area (Å²) in [7, 11) is -1.30. The number of hydrogen-bond acceptors (Lipinski definition) is 6. The molecular formula is C27H27F3N4O5S. The van der Waals surface area contributed by atoms with E-state index in [0.717, 1.165) is 16.5 Å². The molecule has 1 spiro atoms. The van der Waals surface area contributed by atoms with E-state index in [-0.39, 0.29) is 24.1 Å². The quantitative estimate of drug-likeness (QED) is 0.407. The van der Waals surface area contributed by atoms with Crippen molar-refractivity contribution in [1.29, 1.82) is 0 Å². The summed E-state index contributed by atoms with van der Waals surface area (Å²) in [6, 6.07) is 12.9. The lowest BCUT2D eigenvalue weighted by Crippen LogP contribution is -2.49. The van der Waals surface area contributed by atoms with Gasteiger partial charge < -0.3 is 19.7 Å². The molecule has 9 nitrogen and oxygen atoms in total. The summed E-state index contributed by atoms with van der Waals surface area (Å²) in [4.78, 5) is 29.1. The number of nitrogens with one attached hydrogen (secondary N) is 1. The van der Waals surface area contributed by atoms with Crippen molar-refractivity contribution in [2.75, 3.05) is 25.4 Å². The summed E-state index contributed by atoms with van der Waals surface area (Å²) in [5.41, 5.74) is 1.11. The second-order valence-electron chi connectivity index (χ2n) is 9.72. The van der Waals surface area contributed by atoms with Crippen LogP contribution in [0.15, 0.2) is 59.7 Å². The Kier molecular flexibility index (Phi) is 7.80. The molecule has 2 N–H and O–H groups in total. The first-order chi connectivity index (χ1) is 19.1. The maximum Gasteiger partial charge on any atom is 0.573 e. The van der Waals surface area contributed by atoms with Gasteiger partial charge in [-0.2, -0.15) is 0 Å². The minimum Gasteiger partial charge on any atom is -0.406 e. The summed E-state index contributed by atoms with van der Waals surface area (Å²) >= 11 is 0. The van der Waals surface area contributed by atoms with Crippen LogP contribution in [-0.2, 0) is 33.5 Å². The number of ether oxygens (including phenoxy) is 1. The highest BCUT2D eigenvalue weighted by molar-refractivity contribution is 7.82. The summed E-state index contributed by atoms with van der Waals surface area (Å²) in [6.07, 6.45) is -1.85. The fourth-order valence-corrected chi connectivity index (χ4v) is 6.34. The lowest BCUT2D eigenvalue weighted by molar-refractivity contribution is -0.274. The second kappa shape index (κ2) is 11.1. The molecule has 1 aromatic heterocycles. The van der Waals surface area contributed by atoms with Crippen LogP contribution in [0, 0.1) is 0 Å². The minimum atomic E-state index is -4.83. The van der Waals surface area contributed by atoms with Gasteiger partial charge in [-0.1, -0.05) is 24.3 Å². The predicted molar refractivity (Wildman–Crippen MR) is 142 cm³/mol. The van der Waals surface area contributed by atoms with Crippen molar-refractivity contribution in [3.05, 3.63) is 65.9 Å². The van der Waals surface area contributed by atoms with E-state index in [9.17, 15) is 27.0 Å². The number of amides is 1. The molecule has 2 aromatic carbocycles. The Morgan fingerprint density at radius 2 is 1.90 bits per heavy atom. The Morgan fingerprint density at radius 1 is 1.15 bits per heavy atom. The molecule has 0 saturated carbocycles. The molecule has 212 valence electrons. The standard InChI is InChI=1S/C27H27F3N4O5S/c28-27(29,30)39-21-5-1-4-19(15-21)24-31-25(37)26(32-24)9-12-34(13-10-26)40(38)14-8-18-3-2-6-23-22(18)7-11-33(23)16-20(36)17-35/h1-7,11,15,35H,8-10,12-14,16-17H2,(H,31,32,37). The normalized spacial score (nSPS) is 18.1. The van der Waals surface area contributed by atoms with Crippen molar-refractivity contribution in [3.8, 4) is 5.75 Å². The van der Waals surface area contributed by atoms with Crippen molar-refractivity contribution < 1.29 is 36.8 Å². The molecule has 13 heteroatoms. The zero-order chi connectivity index (χ0) is 28.5. The van der Waals surface area contributed by atoms with Gasteiger partial charge in [-0.05, 0) is 49.1 Å². The van der Waals surface area contributed by atoms with E-state index in [1.54, 1.807) is 16.8 Å². The van der Waals surface area contributed by atoms with Gasteiger partial charge >= 0.3 is 6.36 Å². The van der Waals surface area contributed by atoms with Crippen LogP contribution in [-0.4, -0.2) is 73.1 Å². The molecule has 0 aliphatic carbocycles. The third kappa shape index (κ3) is 5.96. The number of nitrogens with zero attached hydrogens (tertiary/aromatic N) is 3. The van der Waals surface area contributed by atoms with Crippen LogP contribution >= 0.6 is 0 Å². The zero-order valence-corrected chi connectivity index (χ0v) is 22.1. The first kappa shape index (κ1) is 28.0. The Balaban J connectivity index is 1.21. The number of benzene rings is 2. The van der Waals surface area contributed by atoms with Crippen LogP contribution in [0.4, 0.5) is 13.2 Å². The molecule has 1 atom stereocenters. The van der Waals surface area contributed by atoms with E-state index in [2.05, 4.69) is 15.0 Å². The molecule has 2 aliphatic heterocycles. The highest BCUT2D eigenvalue weighted by Crippen LogP contribution is 2.33. The van der Waals surface area contributed by atoms with Gasteiger partial charge in [0.2, 0.25) is 0 Å². The third-order valence-corrected chi connectivity index (χ3v) is 8.63. The number of aliphatic hydroxyl groups is 1. The SMILES string of the molecule is O=C(CO)Cn1ccc2c(CCS(=O)N3CCC4(CC3)N=C(c3cccc(OC(F)(F)F)c3)NC4=O)cccc21. The van der Waals surface area contributed by atoms with Gasteiger partial charge in [0.05, 0.1) is 17.5 Å². The number of Topliss-reactive ketones (excluding diaryl/α,β-unsaturated/α-hetero) is 1. The molecule has 2 aliphatic rings. The number of aliphatic imine (C=N–C) groups is 1. The Bertz CT molecular complexity index is 1490. The average Bonchev–Trinajstić information content (AvgIpc) is 3.48. The summed E-state index contributed by atoms with van der Waals surface area (Å²) in [5.74, 6) is -0.458. The summed E-state index contributed by atoms with van der Waals surface area (Å²) in [6.45, 7) is 0.305. The van der Waals surface area contributed by atoms with Crippen LogP contribution in [0.3, 0.4) is 0 Å². The number of carbonyl (C=O) groups is 2. The number of aryl methyl sites for hydroxylation is 1. The van der Waals surface area contributed by atoms with Crippen molar-refractivity contribution >= 4 is 39.4 Å². The fraction of sp³-hybridized carbons (Fsp3) is 0.370. The first-order valence-corrected chi connectivity index (χ1v) is 13.9. The fourth-order valence-electron chi connectivity index (χ4n) is 5.10. The molecule has 0 bridgehead atoms. The number of piperidine rings is 1. The first-order valence-electron chi connectivity index (χ1n) is 12.7. The topological polar surface area (TPSA) is 113 Å². The minimum absolute atomic E-state index is 0.0788. The number of carbonyl (C=O) groups excluding carboxylic acids is 2. The Morgan fingerprint density at radius 3 is 2.62 bits per heavy atom. The van der Waals surface area contributed by atoms with Gasteiger partial charge in [0.1, 0.15) is 23.7 Å². The number of alkyl halides is 3. The molecule has 0 radical (unpaired) electrons. The Hall–Kier alpha value is -3.55. The maximum atomic E-state index is 13.1. The molecule has 5 rings (SSSR count). The molecule has 1 fully saturated rings. The van der Waals surface area contributed by atoms with Crippen LogP contribution in [0.5, 0.6) is 5.75 Å². The maximum absolute atomic E-state index is 13.1. The third-order valence-electron chi connectivity index (χ3n) is 7.13. The number of ketones is 1. The van der Waals surface area contributed by atoms with Gasteiger partial charge in [0.15, 0.2) is 5.78 Å². The number of aromatic nitrogens is 1. The van der Waals surface area contributed by atoms with E-state index < -0.39 is 35.2 Å². The molecule has 1 amide bonds. The highest BCUT2D eigenvalue weighted by Gasteiger charge is 2.46. The van der Waals surface area contributed by atoms with Crippen molar-refractivity contribution in [2.24, 2.45) is 4.99 Å². The largest absolute Gasteiger partial charge is 0.573 e. The van der Waals surface area contributed by atoms with Gasteiger partial charge in [-0.25, -0.2) is 8.51 Å². The summed E-state index contributed by atoms with van der Waals surface area (Å²) < 4.78 is 58.5. The molecule has 1 saturated heterocycles. The smallest absolute Gasteiger partial charge is 0.406 e. The molecule has 3 aromatic rings. The average molecular weight is 577 g/mol. The van der Waals surface area contributed by atoms with Crippen molar-refractivity contribution in [3.63, 3.8) is 0 Å². The number of amidine groups is 1. The number of hydrogen-bond donors (Lipinski definition) is 2. The molecule has 40 heavy (non-hydrogen) atoms. The lowest BCUT2D eigenvalue weighted by Gasteiger charge is -2.34. The second-order valence-corrected chi connectivity index (χ2v) is 11.3. The zero-order valence-electron chi connectivity index (χ0n) is 21.3. The summed E-state index contributed by atoms with van der Waals surface area (Å²) in [5, 5.41) is 12.7. The van der Waals surface area contributed by atoms with Gasteiger partial charge in [0.25, 0.3) is 5.91 Å². The molecular weight excluding hydrogens is 549 g/mol. The van der Waals surface area contributed by atoms with E-state index in [4.69, 9.17) is 5.11 Å². The number of fused-ring (bicyclic) bond motifs is 1. The number of rotatable bonds is 9. The predicted octanol–water partition coefficient (Wildman–Crippen LogP) is 2.72. The highest BCUT2D eigenvalue weighted by atomic mass is 32.2. The number of halogens is 3. The van der Waals surface area contributed by atoms with E-state index in [0.29, 0.717) is 43.7 Å². The van der Waals surface area contributed by atoms with Crippen molar-refractivity contribution in [1.82, 2.24) is 14.2 Å². The number of aliphatic hydroxyl groups excluding tert-OH is 1. The Labute approximate surface area is 230 Å². The van der Waals surface area contributed by atoms with E-state index in [1.807, 2.05) is 28.6 Å². The van der Waals surface area contributed by atoms with Crippen LogP contribution in [0.2, 0.25) is 0 Å². The van der Waals surface area contributed by atoms with Crippen LogP contribution in [0.25, 0.3) is 10.9 Å². The van der Waals surface area contributed by atoms with Gasteiger partial charge in [-0.15, -0.1) is 13.2 Å². The van der Waals surface area contributed by atoms with Gasteiger partial charge in [0, 0.05) is 41.5 Å². The van der Waals surface area contributed by atoms with E-state index in [1.165, 1.54) is 18.2 Å². The van der Waals surface area contributed by atoms with Crippen LogP contribution in [0.1, 0.15) is 24.0 Å². The molecule has 3 heterocycles. The van der Waals surface area contributed by atoms with Crippen molar-refractivity contribution in [2.45, 2.75) is 37.7 Å². The van der Waals surface area contributed by atoms with Crippen LogP contribution < -0.4 is 10.1 Å². The lowest BCUT2D eigenvalue weighted by atomic mass is 9.89. The monoisotopic (exact) mass is 576 g/mol. The van der Waals surface area contributed by atoms with E-state index >= 15 is 0 Å². The molecule has 1 unspecified atom stereocenters.